The molecule has 0 aliphatic heterocycles. The first-order valence-electron chi connectivity index (χ1n) is 9.54. The van der Waals surface area contributed by atoms with E-state index in [0.717, 1.165) is 19.3 Å². The van der Waals surface area contributed by atoms with Gasteiger partial charge < -0.3 is 20.2 Å². The Balaban J connectivity index is 1.84. The van der Waals surface area contributed by atoms with Crippen LogP contribution in [-0.4, -0.2) is 43.7 Å². The van der Waals surface area contributed by atoms with Crippen LogP contribution in [-0.2, 0) is 11.3 Å². The van der Waals surface area contributed by atoms with Crippen LogP contribution in [0, 0.1) is 0 Å². The summed E-state index contributed by atoms with van der Waals surface area (Å²) < 4.78 is 12.0. The van der Waals surface area contributed by atoms with Crippen LogP contribution in [0.1, 0.15) is 49.2 Å². The summed E-state index contributed by atoms with van der Waals surface area (Å²) in [5.41, 5.74) is 7.20. The number of rotatable bonds is 9. The molecule has 3 aromatic rings. The molecule has 0 aliphatic carbocycles. The number of unbranched alkanes of at least 4 members (excludes halogenated alkanes) is 1. The number of nitrogens with zero attached hydrogens (tertiary/aromatic N) is 4. The quantitative estimate of drug-likeness (QED) is 0.410. The molecule has 29 heavy (non-hydrogen) atoms. The number of hydrogen-bond donors (Lipinski definition) is 2. The minimum absolute atomic E-state index is 0.128. The van der Waals surface area contributed by atoms with E-state index in [-0.39, 0.29) is 29.8 Å². The standard InChI is InChI=1S/C19H24N6O4/c1-3-5-9-29-18-23-15(20)14-16(24-18)25(19(27)22-14)11-12-6-7-13(21-10-12)17(26)28-8-4-2/h6-7,10H,3-5,8-9,11H2,1-2H3,(H,22,27)(H2,20,23,24). The van der Waals surface area contributed by atoms with Crippen molar-refractivity contribution in [2.24, 2.45) is 0 Å². The average molecular weight is 400 g/mol. The van der Waals surface area contributed by atoms with Crippen molar-refractivity contribution in [3.8, 4) is 6.01 Å². The van der Waals surface area contributed by atoms with Crippen LogP contribution >= 0.6 is 0 Å². The van der Waals surface area contributed by atoms with Gasteiger partial charge in [0, 0.05) is 6.20 Å². The normalized spacial score (nSPS) is 11.0. The van der Waals surface area contributed by atoms with E-state index in [4.69, 9.17) is 15.2 Å². The number of nitrogens with two attached hydrogens (primary N) is 1. The largest absolute Gasteiger partial charge is 0.463 e. The van der Waals surface area contributed by atoms with Gasteiger partial charge in [0.25, 0.3) is 0 Å². The molecule has 0 amide bonds. The van der Waals surface area contributed by atoms with Crippen molar-refractivity contribution in [2.45, 2.75) is 39.7 Å². The fourth-order valence-corrected chi connectivity index (χ4v) is 2.64. The number of esters is 1. The first-order valence-corrected chi connectivity index (χ1v) is 9.54. The maximum absolute atomic E-state index is 12.4. The molecule has 3 aromatic heterocycles. The zero-order chi connectivity index (χ0) is 20.8. The number of anilines is 1. The molecule has 0 unspecified atom stereocenters. The number of nitrogen functional groups attached to an aromatic ring is 1. The first kappa shape index (κ1) is 20.3. The third kappa shape index (κ3) is 4.71. The molecule has 0 aromatic carbocycles. The van der Waals surface area contributed by atoms with Crippen LogP contribution in [0.25, 0.3) is 11.2 Å². The second-order valence-corrected chi connectivity index (χ2v) is 6.50. The number of aromatic amines is 1. The molecule has 10 nitrogen and oxygen atoms in total. The maximum Gasteiger partial charge on any atom is 0.356 e. The highest BCUT2D eigenvalue weighted by Crippen LogP contribution is 2.18. The Kier molecular flexibility index (Phi) is 6.43. The second kappa shape index (κ2) is 9.18. The van der Waals surface area contributed by atoms with E-state index in [9.17, 15) is 9.59 Å². The van der Waals surface area contributed by atoms with E-state index in [1.54, 1.807) is 12.1 Å². The lowest BCUT2D eigenvalue weighted by atomic mass is 10.2. The molecule has 0 fully saturated rings. The van der Waals surface area contributed by atoms with Crippen LogP contribution in [0.4, 0.5) is 5.82 Å². The molecular formula is C19H24N6O4. The molecule has 0 spiro atoms. The van der Waals surface area contributed by atoms with Gasteiger partial charge in [-0.25, -0.2) is 14.6 Å². The molecule has 0 aliphatic rings. The molecule has 154 valence electrons. The Hall–Kier alpha value is -3.43. The van der Waals surface area contributed by atoms with E-state index in [1.165, 1.54) is 10.8 Å². The summed E-state index contributed by atoms with van der Waals surface area (Å²) in [4.78, 5) is 39.5. The lowest BCUT2D eigenvalue weighted by Gasteiger charge is -2.07. The van der Waals surface area contributed by atoms with Gasteiger partial charge in [0.15, 0.2) is 11.5 Å². The van der Waals surface area contributed by atoms with E-state index in [0.29, 0.717) is 29.9 Å². The average Bonchev–Trinajstić information content (AvgIpc) is 3.03. The third-order valence-electron chi connectivity index (χ3n) is 4.17. The number of ether oxygens (including phenoxy) is 2. The maximum atomic E-state index is 12.4. The van der Waals surface area contributed by atoms with Crippen molar-refractivity contribution < 1.29 is 14.3 Å². The van der Waals surface area contributed by atoms with Crippen LogP contribution < -0.4 is 16.2 Å². The highest BCUT2D eigenvalue weighted by Gasteiger charge is 2.15. The lowest BCUT2D eigenvalue weighted by Crippen LogP contribution is -2.18. The van der Waals surface area contributed by atoms with E-state index in [2.05, 4.69) is 26.9 Å². The number of carbonyl (C=O) groups is 1. The van der Waals surface area contributed by atoms with Crippen LogP contribution in [0.5, 0.6) is 6.01 Å². The van der Waals surface area contributed by atoms with Crippen molar-refractivity contribution >= 4 is 23.0 Å². The van der Waals surface area contributed by atoms with Gasteiger partial charge in [0.05, 0.1) is 19.8 Å². The summed E-state index contributed by atoms with van der Waals surface area (Å²) in [6, 6.07) is 3.41. The van der Waals surface area contributed by atoms with Crippen molar-refractivity contribution in [1.29, 1.82) is 0 Å². The molecular weight excluding hydrogens is 376 g/mol. The zero-order valence-electron chi connectivity index (χ0n) is 16.5. The van der Waals surface area contributed by atoms with E-state index in [1.807, 2.05) is 6.92 Å². The van der Waals surface area contributed by atoms with Gasteiger partial charge in [-0.3, -0.25) is 4.57 Å². The Morgan fingerprint density at radius 2 is 2.03 bits per heavy atom. The number of hydrogen-bond acceptors (Lipinski definition) is 8. The fraction of sp³-hybridized carbons (Fsp3) is 0.421. The predicted molar refractivity (Wildman–Crippen MR) is 107 cm³/mol. The molecule has 0 saturated carbocycles. The van der Waals surface area contributed by atoms with Crippen molar-refractivity contribution in [3.63, 3.8) is 0 Å². The van der Waals surface area contributed by atoms with Gasteiger partial charge in [-0.05, 0) is 24.5 Å². The monoisotopic (exact) mass is 400 g/mol. The SMILES string of the molecule is CCCCOc1nc(N)c2[nH]c(=O)n(Cc3ccc(C(=O)OCCC)nc3)c2n1. The second-order valence-electron chi connectivity index (χ2n) is 6.50. The number of imidazole rings is 1. The Morgan fingerprint density at radius 3 is 2.72 bits per heavy atom. The minimum Gasteiger partial charge on any atom is -0.463 e. The summed E-state index contributed by atoms with van der Waals surface area (Å²) in [5, 5.41) is 0. The van der Waals surface area contributed by atoms with Crippen molar-refractivity contribution in [1.82, 2.24) is 24.5 Å². The van der Waals surface area contributed by atoms with E-state index >= 15 is 0 Å². The summed E-state index contributed by atoms with van der Waals surface area (Å²) >= 11 is 0. The van der Waals surface area contributed by atoms with Gasteiger partial charge in [0.1, 0.15) is 11.2 Å². The summed E-state index contributed by atoms with van der Waals surface area (Å²) in [5.74, 6) is -0.332. The van der Waals surface area contributed by atoms with Crippen LogP contribution in [0.2, 0.25) is 0 Å². The van der Waals surface area contributed by atoms with E-state index < -0.39 is 5.97 Å². The molecule has 3 heterocycles. The number of pyridine rings is 1. The minimum atomic E-state index is -0.475. The topological polar surface area (TPSA) is 138 Å². The molecule has 0 atom stereocenters. The van der Waals surface area contributed by atoms with Crippen molar-refractivity contribution in [3.05, 3.63) is 40.1 Å². The number of carbonyl (C=O) groups excluding carboxylic acids is 1. The fourth-order valence-electron chi connectivity index (χ4n) is 2.64. The van der Waals surface area contributed by atoms with Gasteiger partial charge >= 0.3 is 17.7 Å². The molecule has 3 rings (SSSR count). The summed E-state index contributed by atoms with van der Waals surface area (Å²) in [6.45, 7) is 4.97. The van der Waals surface area contributed by atoms with Gasteiger partial charge in [-0.2, -0.15) is 9.97 Å². The number of fused-ring (bicyclic) bond motifs is 1. The molecule has 3 N–H and O–H groups in total. The van der Waals surface area contributed by atoms with Crippen LogP contribution in [0.3, 0.4) is 0 Å². The van der Waals surface area contributed by atoms with Gasteiger partial charge in [-0.15, -0.1) is 0 Å². The summed E-state index contributed by atoms with van der Waals surface area (Å²) in [7, 11) is 0. The van der Waals surface area contributed by atoms with Crippen LogP contribution in [0.15, 0.2) is 23.1 Å². The molecule has 0 bridgehead atoms. The number of aromatic nitrogens is 5. The highest BCUT2D eigenvalue weighted by molar-refractivity contribution is 5.87. The first-order chi connectivity index (χ1) is 14.0. The third-order valence-corrected chi connectivity index (χ3v) is 4.17. The smallest absolute Gasteiger partial charge is 0.356 e. The summed E-state index contributed by atoms with van der Waals surface area (Å²) in [6.07, 6.45) is 4.10. The number of nitrogens with one attached hydrogen (secondary N) is 1. The van der Waals surface area contributed by atoms with Gasteiger partial charge in [-0.1, -0.05) is 26.3 Å². The molecule has 0 radical (unpaired) electrons. The highest BCUT2D eigenvalue weighted by atomic mass is 16.5. The Morgan fingerprint density at radius 1 is 1.21 bits per heavy atom. The zero-order valence-corrected chi connectivity index (χ0v) is 16.5. The lowest BCUT2D eigenvalue weighted by molar-refractivity contribution is 0.0498. The van der Waals surface area contributed by atoms with Crippen molar-refractivity contribution in [2.75, 3.05) is 18.9 Å². The Labute approximate surface area is 167 Å². The molecule has 0 saturated heterocycles. The Bertz CT molecular complexity index is 1040. The molecule has 10 heteroatoms. The van der Waals surface area contributed by atoms with Gasteiger partial charge in [0.2, 0.25) is 0 Å². The predicted octanol–water partition coefficient (Wildman–Crippen LogP) is 1.89. The number of H-pyrrole nitrogens is 1.